The van der Waals surface area contributed by atoms with E-state index in [9.17, 15) is 4.79 Å². The maximum atomic E-state index is 13.4. The van der Waals surface area contributed by atoms with Gasteiger partial charge < -0.3 is 25.0 Å². The molecule has 0 unspecified atom stereocenters. The average Bonchev–Trinajstić information content (AvgIpc) is 2.98. The minimum absolute atomic E-state index is 0.0688. The molecule has 0 aliphatic carbocycles. The van der Waals surface area contributed by atoms with Gasteiger partial charge >= 0.3 is 0 Å². The molecule has 0 aliphatic rings. The Morgan fingerprint density at radius 3 is 2.05 bits per heavy atom. The molecule has 6 heteroatoms. The predicted molar refractivity (Wildman–Crippen MR) is 160 cm³/mol. The van der Waals surface area contributed by atoms with Gasteiger partial charge in [0.2, 0.25) is 5.91 Å². The van der Waals surface area contributed by atoms with Gasteiger partial charge in [0.25, 0.3) is 0 Å². The quantitative estimate of drug-likeness (QED) is 0.214. The zero-order chi connectivity index (χ0) is 27.9. The third-order valence-electron chi connectivity index (χ3n) is 6.88. The standard InChI is InChI=1S/C33H45N3O3/c1-4-7-23-36(29-16-20-30(21-17-29)38-24-11-22-35(5-2)6-3)33(37)32(34)25-27-14-18-31(19-15-27)39-26-28-12-9-8-10-13-28/h8-10,12-21,32H,4-7,11,22-26,34H2,1-3H3/t32-/m1/s1. The van der Waals surface area contributed by atoms with Gasteiger partial charge in [-0.2, -0.15) is 0 Å². The highest BCUT2D eigenvalue weighted by atomic mass is 16.5. The molecule has 3 aromatic carbocycles. The lowest BCUT2D eigenvalue weighted by molar-refractivity contribution is -0.119. The summed E-state index contributed by atoms with van der Waals surface area (Å²) < 4.78 is 11.8. The van der Waals surface area contributed by atoms with Crippen molar-refractivity contribution >= 4 is 11.6 Å². The second-order valence-electron chi connectivity index (χ2n) is 9.80. The van der Waals surface area contributed by atoms with Gasteiger partial charge in [0.1, 0.15) is 18.1 Å². The Labute approximate surface area is 234 Å². The van der Waals surface area contributed by atoms with Crippen LogP contribution in [0.3, 0.4) is 0 Å². The zero-order valence-corrected chi connectivity index (χ0v) is 23.9. The Bertz CT molecular complexity index is 1080. The van der Waals surface area contributed by atoms with Gasteiger partial charge in [-0.25, -0.2) is 0 Å². The summed E-state index contributed by atoms with van der Waals surface area (Å²) in [5, 5.41) is 0. The molecule has 0 aromatic heterocycles. The Morgan fingerprint density at radius 2 is 1.41 bits per heavy atom. The van der Waals surface area contributed by atoms with Crippen LogP contribution in [0.15, 0.2) is 78.9 Å². The number of benzene rings is 3. The van der Waals surface area contributed by atoms with E-state index in [0.29, 0.717) is 26.2 Å². The van der Waals surface area contributed by atoms with Crippen LogP contribution in [0.2, 0.25) is 0 Å². The summed E-state index contributed by atoms with van der Waals surface area (Å²) in [5.74, 6) is 1.54. The molecule has 6 nitrogen and oxygen atoms in total. The molecule has 0 radical (unpaired) electrons. The van der Waals surface area contributed by atoms with Crippen LogP contribution in [-0.4, -0.2) is 49.6 Å². The van der Waals surface area contributed by atoms with E-state index in [1.165, 1.54) is 0 Å². The minimum Gasteiger partial charge on any atom is -0.494 e. The van der Waals surface area contributed by atoms with Crippen molar-refractivity contribution in [1.82, 2.24) is 4.90 Å². The maximum absolute atomic E-state index is 13.4. The molecule has 3 rings (SSSR count). The van der Waals surface area contributed by atoms with Crippen LogP contribution in [0.25, 0.3) is 0 Å². The summed E-state index contributed by atoms with van der Waals surface area (Å²) in [5.41, 5.74) is 9.42. The molecule has 1 atom stereocenters. The fraction of sp³-hybridized carbons (Fsp3) is 0.424. The van der Waals surface area contributed by atoms with E-state index in [2.05, 4.69) is 25.7 Å². The maximum Gasteiger partial charge on any atom is 0.244 e. The number of unbranched alkanes of at least 4 members (excludes halogenated alkanes) is 1. The summed E-state index contributed by atoms with van der Waals surface area (Å²) in [4.78, 5) is 17.6. The van der Waals surface area contributed by atoms with Gasteiger partial charge in [-0.3, -0.25) is 4.79 Å². The highest BCUT2D eigenvalue weighted by Crippen LogP contribution is 2.22. The molecule has 2 N–H and O–H groups in total. The fourth-order valence-electron chi connectivity index (χ4n) is 4.43. The van der Waals surface area contributed by atoms with E-state index in [1.807, 2.05) is 83.8 Å². The van der Waals surface area contributed by atoms with E-state index < -0.39 is 6.04 Å². The molecular weight excluding hydrogens is 486 g/mol. The van der Waals surface area contributed by atoms with Crippen LogP contribution >= 0.6 is 0 Å². The summed E-state index contributed by atoms with van der Waals surface area (Å²) in [6.07, 6.45) is 3.36. The second kappa shape index (κ2) is 16.6. The van der Waals surface area contributed by atoms with Crippen molar-refractivity contribution in [1.29, 1.82) is 0 Å². The SMILES string of the molecule is CCCCN(C(=O)[C@H](N)Cc1ccc(OCc2ccccc2)cc1)c1ccc(OCCCN(CC)CC)cc1. The van der Waals surface area contributed by atoms with Crippen LogP contribution in [-0.2, 0) is 17.8 Å². The van der Waals surface area contributed by atoms with Crippen LogP contribution in [0.4, 0.5) is 5.69 Å². The monoisotopic (exact) mass is 531 g/mol. The van der Waals surface area contributed by atoms with Gasteiger partial charge in [0, 0.05) is 18.8 Å². The number of amides is 1. The summed E-state index contributed by atoms with van der Waals surface area (Å²) in [6.45, 7) is 11.5. The largest absolute Gasteiger partial charge is 0.494 e. The van der Waals surface area contributed by atoms with E-state index in [0.717, 1.165) is 67.2 Å². The van der Waals surface area contributed by atoms with Crippen molar-refractivity contribution in [3.63, 3.8) is 0 Å². The lowest BCUT2D eigenvalue weighted by Crippen LogP contribution is -2.45. The molecule has 0 saturated carbocycles. The first-order valence-electron chi connectivity index (χ1n) is 14.3. The van der Waals surface area contributed by atoms with E-state index in [-0.39, 0.29) is 5.91 Å². The molecule has 0 saturated heterocycles. The third-order valence-corrected chi connectivity index (χ3v) is 6.88. The number of hydrogen-bond acceptors (Lipinski definition) is 5. The lowest BCUT2D eigenvalue weighted by Gasteiger charge is -2.26. The number of nitrogens with zero attached hydrogens (tertiary/aromatic N) is 2. The van der Waals surface area contributed by atoms with Gasteiger partial charge in [0.15, 0.2) is 0 Å². The lowest BCUT2D eigenvalue weighted by atomic mass is 10.0. The number of rotatable bonds is 17. The van der Waals surface area contributed by atoms with Crippen molar-refractivity contribution in [2.45, 2.75) is 59.1 Å². The van der Waals surface area contributed by atoms with Gasteiger partial charge in [-0.15, -0.1) is 0 Å². The number of carbonyl (C=O) groups excluding carboxylic acids is 1. The van der Waals surface area contributed by atoms with E-state index in [4.69, 9.17) is 15.2 Å². The van der Waals surface area contributed by atoms with E-state index >= 15 is 0 Å². The molecule has 0 bridgehead atoms. The predicted octanol–water partition coefficient (Wildman–Crippen LogP) is 6.08. The first kappa shape index (κ1) is 30.2. The normalized spacial score (nSPS) is 11.8. The smallest absolute Gasteiger partial charge is 0.244 e. The second-order valence-corrected chi connectivity index (χ2v) is 9.80. The number of hydrogen-bond donors (Lipinski definition) is 1. The summed E-state index contributed by atoms with van der Waals surface area (Å²) in [6, 6.07) is 25.1. The van der Waals surface area contributed by atoms with Gasteiger partial charge in [-0.05, 0) is 79.9 Å². The first-order valence-corrected chi connectivity index (χ1v) is 14.3. The Kier molecular flexibility index (Phi) is 12.8. The van der Waals surface area contributed by atoms with Crippen molar-refractivity contribution in [3.8, 4) is 11.5 Å². The average molecular weight is 532 g/mol. The Balaban J connectivity index is 1.54. The van der Waals surface area contributed by atoms with Crippen molar-refractivity contribution < 1.29 is 14.3 Å². The molecule has 0 aliphatic heterocycles. The molecule has 0 spiro atoms. The fourth-order valence-corrected chi connectivity index (χ4v) is 4.43. The molecule has 0 heterocycles. The van der Waals surface area contributed by atoms with Crippen molar-refractivity contribution in [3.05, 3.63) is 90.0 Å². The van der Waals surface area contributed by atoms with Gasteiger partial charge in [0.05, 0.1) is 12.6 Å². The molecule has 1 amide bonds. The van der Waals surface area contributed by atoms with Crippen LogP contribution in [0.1, 0.15) is 51.2 Å². The highest BCUT2D eigenvalue weighted by molar-refractivity contribution is 5.97. The number of carbonyl (C=O) groups is 1. The molecule has 3 aromatic rings. The minimum atomic E-state index is -0.631. The molecule has 0 fully saturated rings. The van der Waals surface area contributed by atoms with Crippen LogP contribution in [0.5, 0.6) is 11.5 Å². The topological polar surface area (TPSA) is 68.0 Å². The van der Waals surface area contributed by atoms with Crippen LogP contribution < -0.4 is 20.1 Å². The summed E-state index contributed by atoms with van der Waals surface area (Å²) >= 11 is 0. The van der Waals surface area contributed by atoms with Crippen LogP contribution in [0, 0.1) is 0 Å². The highest BCUT2D eigenvalue weighted by Gasteiger charge is 2.22. The van der Waals surface area contributed by atoms with E-state index in [1.54, 1.807) is 0 Å². The number of nitrogens with two attached hydrogens (primary N) is 1. The Morgan fingerprint density at radius 1 is 0.769 bits per heavy atom. The first-order chi connectivity index (χ1) is 19.0. The van der Waals surface area contributed by atoms with Crippen molar-refractivity contribution in [2.75, 3.05) is 37.7 Å². The molecule has 210 valence electrons. The van der Waals surface area contributed by atoms with Crippen molar-refractivity contribution in [2.24, 2.45) is 5.73 Å². The molecular formula is C33H45N3O3. The Hall–Kier alpha value is -3.35. The van der Waals surface area contributed by atoms with Gasteiger partial charge in [-0.1, -0.05) is 69.7 Å². The summed E-state index contributed by atoms with van der Waals surface area (Å²) in [7, 11) is 0. The zero-order valence-electron chi connectivity index (χ0n) is 23.9. The number of anilines is 1. The molecule has 39 heavy (non-hydrogen) atoms. The number of ether oxygens (including phenoxy) is 2. The third kappa shape index (κ3) is 10.0.